The average Bonchev–Trinajstić information content (AvgIpc) is 1.80. The lowest BCUT2D eigenvalue weighted by Gasteiger charge is -1.91. The summed E-state index contributed by atoms with van der Waals surface area (Å²) >= 11 is 7.43. The van der Waals surface area contributed by atoms with Crippen molar-refractivity contribution in [2.75, 3.05) is 0 Å². The molecule has 0 atom stereocenters. The Hall–Kier alpha value is 0.170. The summed E-state index contributed by atoms with van der Waals surface area (Å²) in [6, 6.07) is 4.69. The van der Waals surface area contributed by atoms with Crippen LogP contribution in [0.4, 0.5) is 4.39 Å². The topological polar surface area (TPSA) is 0 Å². The molecule has 1 aromatic carbocycles. The average molecular weight is 256 g/mol. The summed E-state index contributed by atoms with van der Waals surface area (Å²) in [4.78, 5) is 0. The lowest BCUT2D eigenvalue weighted by atomic mass is 10.4. The van der Waals surface area contributed by atoms with Crippen LogP contribution in [0.5, 0.6) is 0 Å². The number of rotatable bonds is 0. The molecule has 0 saturated carbocycles. The van der Waals surface area contributed by atoms with E-state index in [2.05, 4.69) is 0 Å². The lowest BCUT2D eigenvalue weighted by molar-refractivity contribution is 0.627. The van der Waals surface area contributed by atoms with E-state index in [0.29, 0.717) is 0 Å². The highest BCUT2D eigenvalue weighted by Crippen LogP contribution is 2.16. The minimum atomic E-state index is -0.358. The van der Waals surface area contributed by atoms with E-state index in [9.17, 15) is 4.39 Å². The monoisotopic (exact) mass is 256 g/mol. The van der Waals surface area contributed by atoms with Gasteiger partial charge in [0.05, 0.1) is 5.02 Å². The summed E-state index contributed by atoms with van der Waals surface area (Å²) < 4.78 is 13.3. The molecule has 0 nitrogen and oxygen atoms in total. The molecule has 0 saturated heterocycles. The largest absolute Gasteiger partial charge is 0.205 e. The molecular weight excluding hydrogens is 253 g/mol. The molecule has 9 heavy (non-hydrogen) atoms. The van der Waals surface area contributed by atoms with Crippen LogP contribution >= 0.6 is 34.2 Å². The SMILES string of the molecule is Fc1cc(I)ccc1Cl. The molecule has 0 unspecified atom stereocenters. The first kappa shape index (κ1) is 7.28. The summed E-state index contributed by atoms with van der Waals surface area (Å²) in [7, 11) is 0. The second-order valence-corrected chi connectivity index (χ2v) is 3.21. The van der Waals surface area contributed by atoms with Crippen LogP contribution in [0.25, 0.3) is 0 Å². The van der Waals surface area contributed by atoms with E-state index in [-0.39, 0.29) is 10.8 Å². The van der Waals surface area contributed by atoms with Gasteiger partial charge in [-0.2, -0.15) is 0 Å². The van der Waals surface area contributed by atoms with Gasteiger partial charge in [-0.1, -0.05) is 11.6 Å². The number of benzene rings is 1. The summed E-state index contributed by atoms with van der Waals surface area (Å²) in [6.45, 7) is 0. The van der Waals surface area contributed by atoms with Gasteiger partial charge in [0.2, 0.25) is 0 Å². The highest BCUT2D eigenvalue weighted by Gasteiger charge is 1.96. The van der Waals surface area contributed by atoms with Gasteiger partial charge in [0, 0.05) is 3.57 Å². The van der Waals surface area contributed by atoms with Crippen LogP contribution in [0, 0.1) is 9.39 Å². The maximum absolute atomic E-state index is 12.4. The van der Waals surface area contributed by atoms with Gasteiger partial charge in [0.15, 0.2) is 0 Å². The number of hydrogen-bond donors (Lipinski definition) is 0. The van der Waals surface area contributed by atoms with Gasteiger partial charge in [0.25, 0.3) is 0 Å². The highest BCUT2D eigenvalue weighted by molar-refractivity contribution is 14.1. The van der Waals surface area contributed by atoms with Crippen molar-refractivity contribution < 1.29 is 4.39 Å². The zero-order valence-corrected chi connectivity index (χ0v) is 7.28. The second kappa shape index (κ2) is 2.84. The van der Waals surface area contributed by atoms with E-state index < -0.39 is 0 Å². The molecule has 0 heterocycles. The van der Waals surface area contributed by atoms with Gasteiger partial charge in [-0.05, 0) is 40.8 Å². The molecule has 1 aromatic rings. The van der Waals surface area contributed by atoms with Crippen molar-refractivity contribution >= 4 is 34.2 Å². The molecule has 0 N–H and O–H groups in total. The van der Waals surface area contributed by atoms with Crippen molar-refractivity contribution in [2.45, 2.75) is 0 Å². The van der Waals surface area contributed by atoms with E-state index in [0.717, 1.165) is 3.57 Å². The van der Waals surface area contributed by atoms with E-state index >= 15 is 0 Å². The van der Waals surface area contributed by atoms with Gasteiger partial charge in [0.1, 0.15) is 5.82 Å². The minimum absolute atomic E-state index is 0.176. The fraction of sp³-hybridized carbons (Fsp3) is 0. The van der Waals surface area contributed by atoms with Crippen molar-refractivity contribution in [3.63, 3.8) is 0 Å². The van der Waals surface area contributed by atoms with Crippen molar-refractivity contribution in [3.05, 3.63) is 32.6 Å². The van der Waals surface area contributed by atoms with Crippen LogP contribution in [0.15, 0.2) is 18.2 Å². The third-order valence-corrected chi connectivity index (χ3v) is 1.86. The fourth-order valence-corrected chi connectivity index (χ4v) is 1.04. The summed E-state index contributed by atoms with van der Waals surface area (Å²) in [5.74, 6) is -0.358. The molecule has 0 amide bonds. The Morgan fingerprint density at radius 3 is 2.56 bits per heavy atom. The third kappa shape index (κ3) is 1.79. The van der Waals surface area contributed by atoms with Gasteiger partial charge in [-0.25, -0.2) is 4.39 Å². The molecule has 0 aliphatic carbocycles. The minimum Gasteiger partial charge on any atom is -0.205 e. The normalized spacial score (nSPS) is 9.67. The van der Waals surface area contributed by atoms with Crippen LogP contribution in [-0.2, 0) is 0 Å². The van der Waals surface area contributed by atoms with E-state index in [4.69, 9.17) is 11.6 Å². The molecule has 0 aromatic heterocycles. The van der Waals surface area contributed by atoms with E-state index in [1.54, 1.807) is 12.1 Å². The van der Waals surface area contributed by atoms with Crippen LogP contribution in [0.1, 0.15) is 0 Å². The maximum atomic E-state index is 12.4. The molecule has 48 valence electrons. The Labute approximate surface area is 71.2 Å². The summed E-state index contributed by atoms with van der Waals surface area (Å²) in [5.41, 5.74) is 0. The van der Waals surface area contributed by atoms with Crippen molar-refractivity contribution in [2.24, 2.45) is 0 Å². The summed E-state index contributed by atoms with van der Waals surface area (Å²) in [6.07, 6.45) is 0. The molecule has 0 aliphatic rings. The predicted octanol–water partition coefficient (Wildman–Crippen LogP) is 3.08. The van der Waals surface area contributed by atoms with E-state index in [1.165, 1.54) is 6.07 Å². The smallest absolute Gasteiger partial charge is 0.142 e. The molecule has 0 aliphatic heterocycles. The van der Waals surface area contributed by atoms with Gasteiger partial charge >= 0.3 is 0 Å². The Bertz CT molecular complexity index is 224. The second-order valence-electron chi connectivity index (χ2n) is 1.56. The zero-order valence-electron chi connectivity index (χ0n) is 4.37. The van der Waals surface area contributed by atoms with Crippen LogP contribution < -0.4 is 0 Å². The summed E-state index contributed by atoms with van der Waals surface area (Å²) in [5, 5.41) is 0.176. The first-order valence-electron chi connectivity index (χ1n) is 2.30. The Morgan fingerprint density at radius 1 is 1.44 bits per heavy atom. The van der Waals surface area contributed by atoms with Gasteiger partial charge in [-0.3, -0.25) is 0 Å². The van der Waals surface area contributed by atoms with Crippen LogP contribution in [0.3, 0.4) is 0 Å². The quantitative estimate of drug-likeness (QED) is 0.494. The van der Waals surface area contributed by atoms with Gasteiger partial charge in [-0.15, -0.1) is 0 Å². The maximum Gasteiger partial charge on any atom is 0.142 e. The first-order chi connectivity index (χ1) is 4.20. The van der Waals surface area contributed by atoms with Gasteiger partial charge < -0.3 is 0 Å². The van der Waals surface area contributed by atoms with Crippen molar-refractivity contribution in [3.8, 4) is 0 Å². The standard InChI is InChI=1S/C6H3ClFI/c7-5-2-1-4(9)3-6(5)8/h1-3H. The number of hydrogen-bond acceptors (Lipinski definition) is 0. The highest BCUT2D eigenvalue weighted by atomic mass is 127. The predicted molar refractivity (Wildman–Crippen MR) is 44.1 cm³/mol. The Balaban J connectivity index is 3.17. The molecular formula is C6H3ClFI. The lowest BCUT2D eigenvalue weighted by Crippen LogP contribution is -1.76. The van der Waals surface area contributed by atoms with Crippen molar-refractivity contribution in [1.29, 1.82) is 0 Å². The zero-order chi connectivity index (χ0) is 6.85. The molecule has 1 rings (SSSR count). The number of halogens is 3. The molecule has 0 spiro atoms. The molecule has 3 heteroatoms. The van der Waals surface area contributed by atoms with Crippen LogP contribution in [-0.4, -0.2) is 0 Å². The van der Waals surface area contributed by atoms with E-state index in [1.807, 2.05) is 22.6 Å². The Morgan fingerprint density at radius 2 is 2.11 bits per heavy atom. The Kier molecular flexibility index (Phi) is 2.29. The molecule has 0 radical (unpaired) electrons. The third-order valence-electron chi connectivity index (χ3n) is 0.882. The first-order valence-corrected chi connectivity index (χ1v) is 3.76. The van der Waals surface area contributed by atoms with Crippen LogP contribution in [0.2, 0.25) is 5.02 Å². The fourth-order valence-electron chi connectivity index (χ4n) is 0.470. The molecule has 0 fully saturated rings. The van der Waals surface area contributed by atoms with Crippen molar-refractivity contribution in [1.82, 2.24) is 0 Å². The molecule has 0 bridgehead atoms.